The van der Waals surface area contributed by atoms with Crippen molar-refractivity contribution in [3.8, 4) is 16.9 Å². The Balaban J connectivity index is 2.49. The minimum Gasteiger partial charge on any atom is -0.505 e. The molecule has 0 aliphatic carbocycles. The van der Waals surface area contributed by atoms with Crippen molar-refractivity contribution in [2.75, 3.05) is 0 Å². The normalized spacial score (nSPS) is 10.3. The molecule has 0 atom stereocenters. The number of benzene rings is 2. The fraction of sp³-hybridized carbons (Fsp3) is 0. The zero-order chi connectivity index (χ0) is 13.3. The quantitative estimate of drug-likeness (QED) is 0.861. The second-order valence-corrected chi connectivity index (χ2v) is 3.67. The molecule has 0 aliphatic heterocycles. The van der Waals surface area contributed by atoms with Gasteiger partial charge in [0.2, 0.25) is 0 Å². The fourth-order valence-corrected chi connectivity index (χ4v) is 1.55. The molecule has 0 spiro atoms. The van der Waals surface area contributed by atoms with Crippen LogP contribution in [0.2, 0.25) is 0 Å². The Bertz CT molecular complexity index is 606. The molecule has 0 saturated heterocycles. The van der Waals surface area contributed by atoms with Crippen molar-refractivity contribution in [2.45, 2.75) is 0 Å². The number of carboxylic acids is 1. The average molecular weight is 250 g/mol. The van der Waals surface area contributed by atoms with Gasteiger partial charge in [0.1, 0.15) is 5.82 Å². The van der Waals surface area contributed by atoms with Crippen LogP contribution < -0.4 is 0 Å². The Morgan fingerprint density at radius 1 is 1.00 bits per heavy atom. The molecule has 0 heterocycles. The van der Waals surface area contributed by atoms with Crippen LogP contribution in [0.15, 0.2) is 36.4 Å². The van der Waals surface area contributed by atoms with Crippen molar-refractivity contribution in [2.24, 2.45) is 0 Å². The maximum Gasteiger partial charge on any atom is 0.335 e. The Kier molecular flexibility index (Phi) is 2.97. The van der Waals surface area contributed by atoms with Gasteiger partial charge >= 0.3 is 5.97 Å². The summed E-state index contributed by atoms with van der Waals surface area (Å²) in [4.78, 5) is 10.6. The highest BCUT2D eigenvalue weighted by Crippen LogP contribution is 2.28. The van der Waals surface area contributed by atoms with Crippen molar-refractivity contribution in [3.63, 3.8) is 0 Å². The minimum atomic E-state index is -1.10. The maximum absolute atomic E-state index is 13.5. The van der Waals surface area contributed by atoms with Gasteiger partial charge in [0.25, 0.3) is 0 Å². The van der Waals surface area contributed by atoms with Crippen LogP contribution in [-0.2, 0) is 0 Å². The Labute approximate surface area is 101 Å². The maximum atomic E-state index is 13.5. The lowest BCUT2D eigenvalue weighted by Gasteiger charge is -2.05. The molecule has 0 aromatic heterocycles. The van der Waals surface area contributed by atoms with Crippen LogP contribution in [0.25, 0.3) is 11.1 Å². The number of hydrogen-bond donors (Lipinski definition) is 2. The van der Waals surface area contributed by atoms with Gasteiger partial charge in [-0.3, -0.25) is 0 Å². The standard InChI is InChI=1S/C13H8F2O3/c14-10-6-12(16)11(15)5-9(10)7-1-3-8(4-2-7)13(17)18/h1-6,16H,(H,17,18). The first-order chi connectivity index (χ1) is 8.49. The fourth-order valence-electron chi connectivity index (χ4n) is 1.55. The number of carboxylic acid groups (broad SMARTS) is 1. The predicted molar refractivity (Wildman–Crippen MR) is 60.4 cm³/mol. The van der Waals surface area contributed by atoms with E-state index in [4.69, 9.17) is 10.2 Å². The number of aromatic hydroxyl groups is 1. The van der Waals surface area contributed by atoms with Gasteiger partial charge in [-0.1, -0.05) is 12.1 Å². The van der Waals surface area contributed by atoms with Crippen LogP contribution in [-0.4, -0.2) is 16.2 Å². The van der Waals surface area contributed by atoms with Crippen molar-refractivity contribution in [1.82, 2.24) is 0 Å². The number of carbonyl (C=O) groups is 1. The van der Waals surface area contributed by atoms with Gasteiger partial charge in [0, 0.05) is 11.6 Å². The Morgan fingerprint density at radius 2 is 1.61 bits per heavy atom. The summed E-state index contributed by atoms with van der Waals surface area (Å²) < 4.78 is 26.7. The smallest absolute Gasteiger partial charge is 0.335 e. The molecule has 0 unspecified atom stereocenters. The average Bonchev–Trinajstić information content (AvgIpc) is 2.34. The van der Waals surface area contributed by atoms with Crippen LogP contribution in [0, 0.1) is 11.6 Å². The number of aromatic carboxylic acids is 1. The van der Waals surface area contributed by atoms with Gasteiger partial charge in [-0.2, -0.15) is 0 Å². The van der Waals surface area contributed by atoms with Gasteiger partial charge in [0.05, 0.1) is 5.56 Å². The molecule has 0 fully saturated rings. The lowest BCUT2D eigenvalue weighted by atomic mass is 10.0. The van der Waals surface area contributed by atoms with E-state index in [1.807, 2.05) is 0 Å². The van der Waals surface area contributed by atoms with Crippen molar-refractivity contribution in [1.29, 1.82) is 0 Å². The summed E-state index contributed by atoms with van der Waals surface area (Å²) in [6.45, 7) is 0. The number of hydrogen-bond acceptors (Lipinski definition) is 2. The second-order valence-electron chi connectivity index (χ2n) is 3.67. The monoisotopic (exact) mass is 250 g/mol. The van der Waals surface area contributed by atoms with Gasteiger partial charge in [-0.15, -0.1) is 0 Å². The Hall–Kier alpha value is -2.43. The van der Waals surface area contributed by atoms with Crippen LogP contribution in [0.3, 0.4) is 0 Å². The number of phenolic OH excluding ortho intramolecular Hbond substituents is 1. The highest BCUT2D eigenvalue weighted by molar-refractivity contribution is 5.88. The van der Waals surface area contributed by atoms with E-state index in [1.54, 1.807) is 0 Å². The van der Waals surface area contributed by atoms with E-state index in [1.165, 1.54) is 24.3 Å². The van der Waals surface area contributed by atoms with E-state index in [0.717, 1.165) is 6.07 Å². The number of phenols is 1. The van der Waals surface area contributed by atoms with Crippen molar-refractivity contribution < 1.29 is 23.8 Å². The summed E-state index contributed by atoms with van der Waals surface area (Å²) in [6, 6.07) is 6.87. The largest absolute Gasteiger partial charge is 0.505 e. The van der Waals surface area contributed by atoms with E-state index < -0.39 is 23.4 Å². The van der Waals surface area contributed by atoms with E-state index in [9.17, 15) is 13.6 Å². The zero-order valence-corrected chi connectivity index (χ0v) is 9.02. The third-order valence-electron chi connectivity index (χ3n) is 2.48. The molecule has 0 saturated carbocycles. The summed E-state index contributed by atoms with van der Waals surface area (Å²) >= 11 is 0. The van der Waals surface area contributed by atoms with E-state index in [2.05, 4.69) is 0 Å². The van der Waals surface area contributed by atoms with Crippen LogP contribution in [0.5, 0.6) is 5.75 Å². The topological polar surface area (TPSA) is 57.5 Å². The summed E-state index contributed by atoms with van der Waals surface area (Å²) in [5, 5.41) is 17.7. The number of halogens is 2. The van der Waals surface area contributed by atoms with Crippen LogP contribution >= 0.6 is 0 Å². The molecular formula is C13H8F2O3. The highest BCUT2D eigenvalue weighted by Gasteiger charge is 2.11. The Morgan fingerprint density at radius 3 is 2.17 bits per heavy atom. The van der Waals surface area contributed by atoms with E-state index in [-0.39, 0.29) is 11.1 Å². The summed E-state index contributed by atoms with van der Waals surface area (Å²) in [6.07, 6.45) is 0. The molecule has 0 radical (unpaired) electrons. The molecule has 2 N–H and O–H groups in total. The summed E-state index contributed by atoms with van der Waals surface area (Å²) in [7, 11) is 0. The summed E-state index contributed by atoms with van der Waals surface area (Å²) in [5.74, 6) is -3.58. The first-order valence-electron chi connectivity index (χ1n) is 5.01. The molecule has 3 nitrogen and oxygen atoms in total. The van der Waals surface area contributed by atoms with Crippen molar-refractivity contribution in [3.05, 3.63) is 53.6 Å². The molecule has 0 amide bonds. The van der Waals surface area contributed by atoms with Gasteiger partial charge in [-0.05, 0) is 23.8 Å². The third kappa shape index (κ3) is 2.15. The molecule has 2 aromatic rings. The van der Waals surface area contributed by atoms with E-state index >= 15 is 0 Å². The molecule has 2 aromatic carbocycles. The molecule has 92 valence electrons. The summed E-state index contributed by atoms with van der Waals surface area (Å²) in [5.41, 5.74) is 0.344. The van der Waals surface area contributed by atoms with Gasteiger partial charge in [0.15, 0.2) is 11.6 Å². The molecule has 18 heavy (non-hydrogen) atoms. The van der Waals surface area contributed by atoms with Crippen molar-refractivity contribution >= 4 is 5.97 Å². The zero-order valence-electron chi connectivity index (χ0n) is 9.02. The van der Waals surface area contributed by atoms with Gasteiger partial charge in [-0.25, -0.2) is 13.6 Å². The molecule has 2 rings (SSSR count). The minimum absolute atomic E-state index is 0.0396. The number of rotatable bonds is 2. The predicted octanol–water partition coefficient (Wildman–Crippen LogP) is 3.04. The molecule has 0 aliphatic rings. The molecular weight excluding hydrogens is 242 g/mol. The lowest BCUT2D eigenvalue weighted by Crippen LogP contribution is -1.95. The lowest BCUT2D eigenvalue weighted by molar-refractivity contribution is 0.0697. The third-order valence-corrected chi connectivity index (χ3v) is 2.48. The first-order valence-corrected chi connectivity index (χ1v) is 5.01. The van der Waals surface area contributed by atoms with Crippen LogP contribution in [0.1, 0.15) is 10.4 Å². The highest BCUT2D eigenvalue weighted by atomic mass is 19.1. The first kappa shape index (κ1) is 12.0. The van der Waals surface area contributed by atoms with Gasteiger partial charge < -0.3 is 10.2 Å². The molecule has 0 bridgehead atoms. The second kappa shape index (κ2) is 4.44. The SMILES string of the molecule is O=C(O)c1ccc(-c2cc(F)c(O)cc2F)cc1. The molecule has 5 heteroatoms. The van der Waals surface area contributed by atoms with Crippen LogP contribution in [0.4, 0.5) is 8.78 Å². The van der Waals surface area contributed by atoms with E-state index in [0.29, 0.717) is 11.6 Å².